The summed E-state index contributed by atoms with van der Waals surface area (Å²) in [6, 6.07) is 9.90. The molecule has 7 nitrogen and oxygen atoms in total. The summed E-state index contributed by atoms with van der Waals surface area (Å²) in [4.78, 5) is 32.3. The molecule has 0 unspecified atom stereocenters. The minimum absolute atomic E-state index is 0.195. The van der Waals surface area contributed by atoms with E-state index in [9.17, 15) is 14.7 Å². The van der Waals surface area contributed by atoms with Crippen LogP contribution in [-0.2, 0) is 6.61 Å². The summed E-state index contributed by atoms with van der Waals surface area (Å²) in [5.41, 5.74) is 2.98. The third kappa shape index (κ3) is 3.26. The molecule has 1 aromatic heterocycles. The maximum Gasteiger partial charge on any atom is 0.335 e. The van der Waals surface area contributed by atoms with E-state index >= 15 is 0 Å². The van der Waals surface area contributed by atoms with E-state index in [1.807, 2.05) is 23.1 Å². The van der Waals surface area contributed by atoms with Gasteiger partial charge in [0.15, 0.2) is 0 Å². The first-order valence-corrected chi connectivity index (χ1v) is 8.91. The van der Waals surface area contributed by atoms with Crippen LogP contribution in [0.2, 0.25) is 0 Å². The number of aromatic nitrogens is 2. The molecule has 0 radical (unpaired) electrons. The van der Waals surface area contributed by atoms with Crippen LogP contribution < -0.4 is 10.5 Å². The van der Waals surface area contributed by atoms with Crippen LogP contribution in [0.25, 0.3) is 17.0 Å². The van der Waals surface area contributed by atoms with Crippen molar-refractivity contribution in [1.82, 2.24) is 9.97 Å². The number of carboxylic acid groups (broad SMARTS) is 1. The van der Waals surface area contributed by atoms with Gasteiger partial charge in [-0.3, -0.25) is 4.79 Å². The minimum atomic E-state index is -0.994. The quantitative estimate of drug-likeness (QED) is 0.580. The zero-order valence-corrected chi connectivity index (χ0v) is 15.3. The Balaban J connectivity index is 1.79. The van der Waals surface area contributed by atoms with Crippen molar-refractivity contribution in [1.29, 1.82) is 0 Å². The largest absolute Gasteiger partial charge is 0.478 e. The first-order valence-electron chi connectivity index (χ1n) is 8.91. The summed E-state index contributed by atoms with van der Waals surface area (Å²) >= 11 is 0. The molecule has 29 heavy (non-hydrogen) atoms. The second-order valence-corrected chi connectivity index (χ2v) is 6.66. The summed E-state index contributed by atoms with van der Waals surface area (Å²) in [6.07, 6.45) is 9.50. The number of fused-ring (bicyclic) bond motifs is 2. The second-order valence-electron chi connectivity index (χ2n) is 6.66. The van der Waals surface area contributed by atoms with Crippen molar-refractivity contribution >= 4 is 28.6 Å². The molecular formula is C22H17N3O4. The molecule has 2 aromatic carbocycles. The number of benzene rings is 2. The Labute approximate surface area is 166 Å². The minimum Gasteiger partial charge on any atom is -0.478 e. The Kier molecular flexibility index (Phi) is 4.63. The Morgan fingerprint density at radius 3 is 2.69 bits per heavy atom. The normalized spacial score (nSPS) is 14.6. The molecule has 3 N–H and O–H groups in total. The van der Waals surface area contributed by atoms with Gasteiger partial charge in [-0.15, -0.1) is 6.42 Å². The average molecular weight is 387 g/mol. The lowest BCUT2D eigenvalue weighted by atomic mass is 10.0. The average Bonchev–Trinajstić information content (AvgIpc) is 3.13. The highest BCUT2D eigenvalue weighted by atomic mass is 16.4. The molecule has 0 amide bonds. The number of aromatic amines is 1. The standard InChI is InChI=1S/C22H17N3O4/c1-2-9-25(15-6-3-13(4-7-15)22(28)29)19-8-5-14-10-18-17(11-16(14)19)21(27)24-20(12-26)23-18/h1,3-8,10-11,19,26H,9,12H2,(H,28,29)(H,23,24,27)/t19-/m1/s1. The van der Waals surface area contributed by atoms with Gasteiger partial charge >= 0.3 is 5.97 Å². The van der Waals surface area contributed by atoms with Gasteiger partial charge in [0, 0.05) is 5.69 Å². The van der Waals surface area contributed by atoms with Crippen LogP contribution in [0.3, 0.4) is 0 Å². The number of terminal acetylenes is 1. The van der Waals surface area contributed by atoms with Crippen molar-refractivity contribution in [2.24, 2.45) is 0 Å². The summed E-state index contributed by atoms with van der Waals surface area (Å²) in [5, 5.41) is 18.8. The molecule has 1 atom stereocenters. The molecule has 3 aromatic rings. The molecule has 1 aliphatic rings. The van der Waals surface area contributed by atoms with Crippen molar-refractivity contribution < 1.29 is 15.0 Å². The Hall–Kier alpha value is -3.89. The smallest absolute Gasteiger partial charge is 0.335 e. The topological polar surface area (TPSA) is 107 Å². The van der Waals surface area contributed by atoms with Crippen LogP contribution in [0.5, 0.6) is 0 Å². The number of nitrogens with zero attached hydrogens (tertiary/aromatic N) is 2. The molecule has 0 bridgehead atoms. The van der Waals surface area contributed by atoms with Gasteiger partial charge in [-0.05, 0) is 47.5 Å². The van der Waals surface area contributed by atoms with Crippen LogP contribution in [0, 0.1) is 12.3 Å². The molecule has 0 saturated heterocycles. The van der Waals surface area contributed by atoms with Gasteiger partial charge in [0.1, 0.15) is 12.4 Å². The van der Waals surface area contributed by atoms with Gasteiger partial charge in [-0.25, -0.2) is 9.78 Å². The van der Waals surface area contributed by atoms with E-state index in [0.717, 1.165) is 16.8 Å². The number of anilines is 1. The fourth-order valence-electron chi connectivity index (χ4n) is 3.56. The predicted molar refractivity (Wildman–Crippen MR) is 110 cm³/mol. The van der Waals surface area contributed by atoms with Crippen LogP contribution in [0.15, 0.2) is 47.3 Å². The number of aliphatic hydroxyl groups is 1. The van der Waals surface area contributed by atoms with Gasteiger partial charge in [0.25, 0.3) is 5.56 Å². The number of H-pyrrole nitrogens is 1. The summed E-state index contributed by atoms with van der Waals surface area (Å²) < 4.78 is 0. The summed E-state index contributed by atoms with van der Waals surface area (Å²) in [6.45, 7) is -0.0417. The number of aliphatic hydroxyl groups excluding tert-OH is 1. The van der Waals surface area contributed by atoms with Gasteiger partial charge in [0.2, 0.25) is 0 Å². The van der Waals surface area contributed by atoms with Crippen molar-refractivity contribution in [3.05, 3.63) is 75.3 Å². The van der Waals surface area contributed by atoms with E-state index in [4.69, 9.17) is 11.5 Å². The van der Waals surface area contributed by atoms with Crippen molar-refractivity contribution in [3.8, 4) is 12.3 Å². The number of carbonyl (C=O) groups is 1. The zero-order chi connectivity index (χ0) is 20.5. The molecule has 4 rings (SSSR count). The number of hydrogen-bond acceptors (Lipinski definition) is 5. The van der Waals surface area contributed by atoms with E-state index < -0.39 is 5.97 Å². The van der Waals surface area contributed by atoms with Crippen LogP contribution in [0.1, 0.15) is 33.4 Å². The fraction of sp³-hybridized carbons (Fsp3) is 0.136. The highest BCUT2D eigenvalue weighted by molar-refractivity contribution is 5.88. The van der Waals surface area contributed by atoms with Crippen molar-refractivity contribution in [2.75, 3.05) is 11.4 Å². The first kappa shape index (κ1) is 18.5. The fourth-order valence-corrected chi connectivity index (χ4v) is 3.56. The predicted octanol–water partition coefficient (Wildman–Crippen LogP) is 2.32. The maximum atomic E-state index is 12.4. The van der Waals surface area contributed by atoms with E-state index in [-0.39, 0.29) is 29.6 Å². The third-order valence-corrected chi connectivity index (χ3v) is 4.93. The number of hydrogen-bond donors (Lipinski definition) is 3. The Bertz CT molecular complexity index is 1240. The van der Waals surface area contributed by atoms with E-state index in [2.05, 4.69) is 15.9 Å². The van der Waals surface area contributed by atoms with Crippen LogP contribution >= 0.6 is 0 Å². The Morgan fingerprint density at radius 2 is 2.03 bits per heavy atom. The first-order chi connectivity index (χ1) is 14.0. The number of carboxylic acids is 1. The SMILES string of the molecule is C#CCN(c1ccc(C(=O)O)cc1)[C@@H]1C=Cc2cc3nc(CO)[nH]c(=O)c3cc21. The highest BCUT2D eigenvalue weighted by Crippen LogP contribution is 2.37. The highest BCUT2D eigenvalue weighted by Gasteiger charge is 2.25. The van der Waals surface area contributed by atoms with Gasteiger partial charge in [0.05, 0.1) is 29.1 Å². The number of nitrogens with one attached hydrogen (secondary N) is 1. The van der Waals surface area contributed by atoms with Crippen LogP contribution in [-0.4, -0.2) is 32.7 Å². The second kappa shape index (κ2) is 7.26. The maximum absolute atomic E-state index is 12.4. The number of rotatable bonds is 5. The lowest BCUT2D eigenvalue weighted by Gasteiger charge is -2.29. The van der Waals surface area contributed by atoms with E-state index in [1.54, 1.807) is 18.2 Å². The van der Waals surface area contributed by atoms with Crippen LogP contribution in [0.4, 0.5) is 5.69 Å². The third-order valence-electron chi connectivity index (χ3n) is 4.93. The van der Waals surface area contributed by atoms with Gasteiger partial charge in [-0.2, -0.15) is 0 Å². The molecule has 0 fully saturated rings. The van der Waals surface area contributed by atoms with Crippen molar-refractivity contribution in [3.63, 3.8) is 0 Å². The molecule has 7 heteroatoms. The molecular weight excluding hydrogens is 370 g/mol. The molecule has 0 saturated carbocycles. The monoisotopic (exact) mass is 387 g/mol. The number of aromatic carboxylic acids is 1. The molecule has 0 aliphatic heterocycles. The lowest BCUT2D eigenvalue weighted by Crippen LogP contribution is -2.27. The zero-order valence-electron chi connectivity index (χ0n) is 15.3. The lowest BCUT2D eigenvalue weighted by molar-refractivity contribution is 0.0697. The van der Waals surface area contributed by atoms with Gasteiger partial charge in [-0.1, -0.05) is 18.1 Å². The molecule has 1 heterocycles. The molecule has 144 valence electrons. The molecule has 0 spiro atoms. The van der Waals surface area contributed by atoms with Gasteiger partial charge < -0.3 is 20.1 Å². The van der Waals surface area contributed by atoms with Crippen molar-refractivity contribution in [2.45, 2.75) is 12.6 Å². The van der Waals surface area contributed by atoms with E-state index in [0.29, 0.717) is 17.4 Å². The summed E-state index contributed by atoms with van der Waals surface area (Å²) in [5.74, 6) is 1.86. The molecule has 1 aliphatic carbocycles. The van der Waals surface area contributed by atoms with E-state index in [1.165, 1.54) is 12.1 Å². The summed E-state index contributed by atoms with van der Waals surface area (Å²) in [7, 11) is 0. The Morgan fingerprint density at radius 1 is 1.28 bits per heavy atom.